The third-order valence-electron chi connectivity index (χ3n) is 4.20. The Morgan fingerprint density at radius 3 is 3.00 bits per heavy atom. The largest absolute Gasteiger partial charge is 0.329 e. The van der Waals surface area contributed by atoms with Crippen LogP contribution in [0.2, 0.25) is 0 Å². The molecule has 2 aromatic heterocycles. The summed E-state index contributed by atoms with van der Waals surface area (Å²) >= 11 is 8.86. The summed E-state index contributed by atoms with van der Waals surface area (Å²) in [6, 6.07) is 2.77. The minimum Gasteiger partial charge on any atom is -0.329 e. The Morgan fingerprint density at radius 1 is 1.50 bits per heavy atom. The van der Waals surface area contributed by atoms with Crippen molar-refractivity contribution >= 4 is 39.3 Å². The fourth-order valence-electron chi connectivity index (χ4n) is 3.01. The lowest BCUT2D eigenvalue weighted by atomic mass is 10.2. The van der Waals surface area contributed by atoms with Gasteiger partial charge in [-0.2, -0.15) is 0 Å². The van der Waals surface area contributed by atoms with Crippen molar-refractivity contribution in [2.45, 2.75) is 38.3 Å². The highest BCUT2D eigenvalue weighted by Crippen LogP contribution is 2.22. The van der Waals surface area contributed by atoms with Crippen LogP contribution in [-0.4, -0.2) is 39.1 Å². The quantitative estimate of drug-likeness (QED) is 0.849. The van der Waals surface area contributed by atoms with Crippen molar-refractivity contribution in [3.8, 4) is 0 Å². The molecule has 1 saturated carbocycles. The van der Waals surface area contributed by atoms with E-state index in [0.29, 0.717) is 0 Å². The number of rotatable bonds is 4. The molecule has 1 aliphatic carbocycles. The molecule has 4 nitrogen and oxygen atoms in total. The number of pyridine rings is 1. The minimum absolute atomic E-state index is 0.747. The zero-order chi connectivity index (χ0) is 14.1. The van der Waals surface area contributed by atoms with Crippen LogP contribution in [0, 0.1) is 4.77 Å². The number of H-pyrrole nitrogens is 1. The number of halogens is 1. The smallest absolute Gasteiger partial charge is 0.179 e. The Balaban J connectivity index is 1.77. The van der Waals surface area contributed by atoms with Crippen LogP contribution >= 0.6 is 28.1 Å². The second-order valence-corrected chi connectivity index (χ2v) is 6.83. The van der Waals surface area contributed by atoms with Crippen LogP contribution in [-0.2, 0) is 6.54 Å². The van der Waals surface area contributed by atoms with Crippen molar-refractivity contribution < 1.29 is 0 Å². The molecule has 0 radical (unpaired) electrons. The summed E-state index contributed by atoms with van der Waals surface area (Å²) in [5, 5.41) is 0. The summed E-state index contributed by atoms with van der Waals surface area (Å²) < 4.78 is 3.82. The normalized spacial score (nSPS) is 16.6. The molecule has 108 valence electrons. The molecular weight excluding hydrogens is 336 g/mol. The molecule has 0 aromatic carbocycles. The maximum absolute atomic E-state index is 5.42. The predicted molar refractivity (Wildman–Crippen MR) is 87.5 cm³/mol. The van der Waals surface area contributed by atoms with Crippen LogP contribution in [0.1, 0.15) is 25.7 Å². The number of likely N-dealkylation sites (N-methyl/N-ethyl adjacent to an activating group) is 1. The van der Waals surface area contributed by atoms with Crippen LogP contribution in [0.5, 0.6) is 0 Å². The van der Waals surface area contributed by atoms with E-state index >= 15 is 0 Å². The van der Waals surface area contributed by atoms with E-state index < -0.39 is 0 Å². The number of aromatic amines is 1. The van der Waals surface area contributed by atoms with Crippen molar-refractivity contribution in [3.63, 3.8) is 0 Å². The van der Waals surface area contributed by atoms with Crippen LogP contribution in [0.4, 0.5) is 0 Å². The molecular formula is C14H19BrN4S. The summed E-state index contributed by atoms with van der Waals surface area (Å²) in [4.78, 5) is 10.2. The first kappa shape index (κ1) is 14.2. The number of nitrogens with one attached hydrogen (secondary N) is 1. The molecule has 3 rings (SSSR count). The summed E-state index contributed by atoms with van der Waals surface area (Å²) in [7, 11) is 2.22. The van der Waals surface area contributed by atoms with E-state index in [0.717, 1.165) is 39.5 Å². The summed E-state index contributed by atoms with van der Waals surface area (Å²) in [5.74, 6) is 0. The maximum atomic E-state index is 5.42. The molecule has 20 heavy (non-hydrogen) atoms. The topological polar surface area (TPSA) is 36.9 Å². The Morgan fingerprint density at radius 2 is 2.25 bits per heavy atom. The SMILES string of the molecule is CN(CCn1c(=S)[nH]c2cc(Br)cnc21)C1CCCC1. The summed E-state index contributed by atoms with van der Waals surface area (Å²) in [5.41, 5.74) is 1.94. The zero-order valence-electron chi connectivity index (χ0n) is 11.6. The van der Waals surface area contributed by atoms with Crippen molar-refractivity contribution in [2.75, 3.05) is 13.6 Å². The number of aromatic nitrogens is 3. The van der Waals surface area contributed by atoms with E-state index in [1.807, 2.05) is 12.3 Å². The summed E-state index contributed by atoms with van der Waals surface area (Å²) in [6.07, 6.45) is 7.23. The van der Waals surface area contributed by atoms with Gasteiger partial charge < -0.3 is 14.5 Å². The van der Waals surface area contributed by atoms with Gasteiger partial charge in [-0.1, -0.05) is 12.8 Å². The molecule has 0 amide bonds. The standard InChI is InChI=1S/C14H19BrN4S/c1-18(11-4-2-3-5-11)6-7-19-13-12(17-14(19)20)8-10(15)9-16-13/h8-9,11H,2-7H2,1H3,(H,17,20). The molecule has 6 heteroatoms. The van der Waals surface area contributed by atoms with Gasteiger partial charge in [0.25, 0.3) is 0 Å². The van der Waals surface area contributed by atoms with Crippen molar-refractivity contribution in [3.05, 3.63) is 21.5 Å². The van der Waals surface area contributed by atoms with Gasteiger partial charge in [-0.25, -0.2) is 4.98 Å². The van der Waals surface area contributed by atoms with Crippen LogP contribution in [0.25, 0.3) is 11.2 Å². The van der Waals surface area contributed by atoms with E-state index in [2.05, 4.69) is 42.4 Å². The highest BCUT2D eigenvalue weighted by molar-refractivity contribution is 9.10. The van der Waals surface area contributed by atoms with Crippen molar-refractivity contribution in [2.24, 2.45) is 0 Å². The van der Waals surface area contributed by atoms with Gasteiger partial charge in [0.05, 0.1) is 5.52 Å². The van der Waals surface area contributed by atoms with Crippen molar-refractivity contribution in [1.29, 1.82) is 0 Å². The molecule has 2 aromatic rings. The predicted octanol–water partition coefficient (Wildman–Crippen LogP) is 3.73. The van der Waals surface area contributed by atoms with Crippen molar-refractivity contribution in [1.82, 2.24) is 19.4 Å². The number of hydrogen-bond acceptors (Lipinski definition) is 3. The first-order valence-electron chi connectivity index (χ1n) is 7.09. The highest BCUT2D eigenvalue weighted by atomic mass is 79.9. The zero-order valence-corrected chi connectivity index (χ0v) is 14.0. The first-order chi connectivity index (χ1) is 9.65. The maximum Gasteiger partial charge on any atom is 0.179 e. The Hall–Kier alpha value is -0.720. The Labute approximate surface area is 132 Å². The van der Waals surface area contributed by atoms with E-state index in [4.69, 9.17) is 12.2 Å². The van der Waals surface area contributed by atoms with E-state index in [1.165, 1.54) is 25.7 Å². The van der Waals surface area contributed by atoms with E-state index in [-0.39, 0.29) is 0 Å². The van der Waals surface area contributed by atoms with Gasteiger partial charge in [0, 0.05) is 29.8 Å². The molecule has 1 N–H and O–H groups in total. The number of hydrogen-bond donors (Lipinski definition) is 1. The average molecular weight is 355 g/mol. The van der Waals surface area contributed by atoms with E-state index in [9.17, 15) is 0 Å². The highest BCUT2D eigenvalue weighted by Gasteiger charge is 2.19. The van der Waals surface area contributed by atoms with Gasteiger partial charge in [-0.3, -0.25) is 0 Å². The fourth-order valence-corrected chi connectivity index (χ4v) is 3.63. The van der Waals surface area contributed by atoms with E-state index in [1.54, 1.807) is 0 Å². The van der Waals surface area contributed by atoms with Gasteiger partial charge in [-0.05, 0) is 54.1 Å². The van der Waals surface area contributed by atoms with Crippen LogP contribution in [0.15, 0.2) is 16.7 Å². The lowest BCUT2D eigenvalue weighted by Gasteiger charge is -2.24. The Kier molecular flexibility index (Phi) is 4.23. The van der Waals surface area contributed by atoms with Gasteiger partial charge in [0.1, 0.15) is 0 Å². The Bertz CT molecular complexity index is 657. The average Bonchev–Trinajstić information content (AvgIpc) is 3.03. The van der Waals surface area contributed by atoms with Crippen LogP contribution < -0.4 is 0 Å². The third kappa shape index (κ3) is 2.82. The van der Waals surface area contributed by atoms with Gasteiger partial charge in [0.2, 0.25) is 0 Å². The molecule has 0 atom stereocenters. The third-order valence-corrected chi connectivity index (χ3v) is 4.96. The van der Waals surface area contributed by atoms with Gasteiger partial charge >= 0.3 is 0 Å². The number of fused-ring (bicyclic) bond motifs is 1. The minimum atomic E-state index is 0.747. The molecule has 0 spiro atoms. The monoisotopic (exact) mass is 354 g/mol. The fraction of sp³-hybridized carbons (Fsp3) is 0.571. The first-order valence-corrected chi connectivity index (χ1v) is 8.29. The van der Waals surface area contributed by atoms with Gasteiger partial charge in [0.15, 0.2) is 10.4 Å². The molecule has 0 unspecified atom stereocenters. The lowest BCUT2D eigenvalue weighted by molar-refractivity contribution is 0.237. The van der Waals surface area contributed by atoms with Gasteiger partial charge in [-0.15, -0.1) is 0 Å². The second-order valence-electron chi connectivity index (χ2n) is 5.53. The lowest BCUT2D eigenvalue weighted by Crippen LogP contribution is -2.32. The molecule has 0 bridgehead atoms. The second kappa shape index (κ2) is 5.95. The molecule has 0 saturated heterocycles. The molecule has 2 heterocycles. The molecule has 1 fully saturated rings. The summed E-state index contributed by atoms with van der Waals surface area (Å²) in [6.45, 7) is 1.91. The number of nitrogens with zero attached hydrogens (tertiary/aromatic N) is 3. The molecule has 1 aliphatic rings. The number of imidazole rings is 1. The molecule has 0 aliphatic heterocycles. The van der Waals surface area contributed by atoms with Crippen LogP contribution in [0.3, 0.4) is 0 Å².